The molecule has 4 rings (SSSR count). The number of carboxylic acid groups (broad SMARTS) is 4. The van der Waals surface area contributed by atoms with Crippen molar-refractivity contribution in [1.29, 1.82) is 0 Å². The van der Waals surface area contributed by atoms with Gasteiger partial charge < -0.3 is 69.0 Å². The number of aromatic amines is 1. The standard InChI is InChI=1S/C30H27FN4O12.4K/c31-16-5-6-20(34(12-25(37)38)13-26(39)40)23(9-16)46-7-8-47-24-10-18(29-32-19-4-2-1-3-17(19)30(45)33-29)22(36)11-21(24)35(14-27(41)42)15-28(43)44;;;;/h1-6,9-11,36H,7-8,12-15H2,(H,37,38)(H,39,40)(H,41,42)(H,43,44)(H,32,33,45);;;;/q;4*+1/p-4. The molecule has 4 aromatic rings. The van der Waals surface area contributed by atoms with Crippen molar-refractivity contribution >= 4 is 46.2 Å². The molecule has 0 radical (unpaired) electrons. The third kappa shape index (κ3) is 15.3. The quantitative estimate of drug-likeness (QED) is 0.0788. The summed E-state index contributed by atoms with van der Waals surface area (Å²) in [5.74, 6) is -8.62. The Bertz CT molecular complexity index is 1890. The van der Waals surface area contributed by atoms with Crippen LogP contribution in [0.2, 0.25) is 0 Å². The van der Waals surface area contributed by atoms with Crippen LogP contribution in [0, 0.1) is 5.82 Å². The van der Waals surface area contributed by atoms with Gasteiger partial charge in [0.25, 0.3) is 5.56 Å². The van der Waals surface area contributed by atoms with Crippen LogP contribution in [-0.4, -0.2) is 78.3 Å². The molecule has 51 heavy (non-hydrogen) atoms. The monoisotopic (exact) mass is 806 g/mol. The van der Waals surface area contributed by atoms with Crippen LogP contribution in [0.4, 0.5) is 15.8 Å². The molecule has 0 saturated carbocycles. The van der Waals surface area contributed by atoms with Crippen LogP contribution in [0.5, 0.6) is 17.2 Å². The molecule has 0 aliphatic heterocycles. The van der Waals surface area contributed by atoms with Crippen LogP contribution < -0.4 is 251 Å². The van der Waals surface area contributed by atoms with Gasteiger partial charge in [0, 0.05) is 12.1 Å². The predicted molar refractivity (Wildman–Crippen MR) is 151 cm³/mol. The van der Waals surface area contributed by atoms with E-state index >= 15 is 0 Å². The molecular weight excluding hydrogens is 784 g/mol. The molecule has 246 valence electrons. The number of rotatable bonds is 16. The van der Waals surface area contributed by atoms with Crippen LogP contribution in [0.1, 0.15) is 0 Å². The minimum atomic E-state index is -1.68. The van der Waals surface area contributed by atoms with Gasteiger partial charge in [-0.2, -0.15) is 0 Å². The van der Waals surface area contributed by atoms with Gasteiger partial charge in [0.05, 0.1) is 77.9 Å². The summed E-state index contributed by atoms with van der Waals surface area (Å²) in [5.41, 5.74) is -0.741. The first-order chi connectivity index (χ1) is 22.3. The molecule has 2 N–H and O–H groups in total. The first-order valence-corrected chi connectivity index (χ1v) is 13.5. The van der Waals surface area contributed by atoms with Gasteiger partial charge in [-0.3, -0.25) is 4.79 Å². The number of ether oxygens (including phenoxy) is 2. The second-order valence-corrected chi connectivity index (χ2v) is 9.78. The van der Waals surface area contributed by atoms with E-state index in [2.05, 4.69) is 9.97 Å². The van der Waals surface area contributed by atoms with E-state index in [9.17, 15) is 53.9 Å². The fraction of sp³-hybridized carbons (Fsp3) is 0.200. The summed E-state index contributed by atoms with van der Waals surface area (Å²) in [6.45, 7) is -4.57. The van der Waals surface area contributed by atoms with Crippen molar-refractivity contribution in [3.05, 3.63) is 70.8 Å². The van der Waals surface area contributed by atoms with Gasteiger partial charge in [-0.05, 0) is 30.3 Å². The topological polar surface area (TPSA) is 251 Å². The number of aromatic hydroxyl groups is 1. The van der Waals surface area contributed by atoms with E-state index in [-0.39, 0.29) is 251 Å². The van der Waals surface area contributed by atoms with E-state index in [4.69, 9.17) is 9.47 Å². The van der Waals surface area contributed by atoms with Crippen molar-refractivity contribution in [2.75, 3.05) is 49.2 Å². The molecule has 0 saturated heterocycles. The number of carboxylic acids is 4. The van der Waals surface area contributed by atoms with Gasteiger partial charge in [0.2, 0.25) is 0 Å². The number of phenolic OH excluding ortho intramolecular Hbond substituents is 1. The third-order valence-electron chi connectivity index (χ3n) is 6.43. The number of hydrogen-bond acceptors (Lipinski definition) is 15. The maximum absolute atomic E-state index is 14.1. The molecule has 0 fully saturated rings. The summed E-state index contributed by atoms with van der Waals surface area (Å²) in [5, 5.41) is 56.4. The van der Waals surface area contributed by atoms with Crippen LogP contribution >= 0.6 is 0 Å². The normalized spacial score (nSPS) is 9.90. The van der Waals surface area contributed by atoms with E-state index < -0.39 is 80.4 Å². The van der Waals surface area contributed by atoms with E-state index in [0.717, 1.165) is 40.1 Å². The molecule has 0 bridgehead atoms. The molecule has 0 atom stereocenters. The molecule has 1 heterocycles. The van der Waals surface area contributed by atoms with Crippen molar-refractivity contribution in [3.63, 3.8) is 0 Å². The molecule has 21 heteroatoms. The SMILES string of the molecule is O=C([O-])CN(CC(=O)[O-])c1ccc(F)cc1OCCOc1cc(-c2nc3ccccc3c(=O)[nH]2)c(O)cc1N(CC(=O)[O-])CC(=O)[O-].[K+].[K+].[K+].[K+]. The number of halogens is 1. The minimum absolute atomic E-state index is 0. The Labute approximate surface area is 459 Å². The first-order valence-electron chi connectivity index (χ1n) is 13.5. The Morgan fingerprint density at radius 2 is 1.22 bits per heavy atom. The van der Waals surface area contributed by atoms with Crippen LogP contribution in [-0.2, 0) is 19.2 Å². The largest absolute Gasteiger partial charge is 1.00 e. The number of carbonyl (C=O) groups is 4. The van der Waals surface area contributed by atoms with Gasteiger partial charge in [-0.1, -0.05) is 12.1 Å². The predicted octanol–water partition coefficient (Wildman–Crippen LogP) is -15.5. The molecule has 1 aromatic heterocycles. The minimum Gasteiger partial charge on any atom is -0.548 e. The number of para-hydroxylation sites is 1. The molecule has 0 spiro atoms. The maximum atomic E-state index is 14.1. The van der Waals surface area contributed by atoms with Crippen molar-refractivity contribution in [3.8, 4) is 28.6 Å². The number of hydrogen-bond donors (Lipinski definition) is 2. The Balaban J connectivity index is 0.00000625. The number of H-pyrrole nitrogens is 1. The number of phenols is 1. The molecule has 16 nitrogen and oxygen atoms in total. The van der Waals surface area contributed by atoms with Crippen molar-refractivity contribution in [1.82, 2.24) is 9.97 Å². The van der Waals surface area contributed by atoms with Crippen molar-refractivity contribution in [2.24, 2.45) is 0 Å². The number of aliphatic carboxylic acids is 4. The number of fused-ring (bicyclic) bond motifs is 1. The van der Waals surface area contributed by atoms with Crippen molar-refractivity contribution in [2.45, 2.75) is 0 Å². The number of nitrogens with zero attached hydrogens (tertiary/aromatic N) is 3. The molecular formula is C30H23FK4N4O12. The zero-order valence-corrected chi connectivity index (χ0v) is 40.6. The van der Waals surface area contributed by atoms with Gasteiger partial charge in [-0.15, -0.1) is 0 Å². The number of benzene rings is 3. The Kier molecular flexibility index (Phi) is 24.7. The van der Waals surface area contributed by atoms with E-state index in [1.54, 1.807) is 18.2 Å². The van der Waals surface area contributed by atoms with Gasteiger partial charge in [0.15, 0.2) is 0 Å². The fourth-order valence-corrected chi connectivity index (χ4v) is 4.57. The molecule has 0 amide bonds. The second kappa shape index (κ2) is 24.6. The van der Waals surface area contributed by atoms with Gasteiger partial charge in [-0.25, -0.2) is 9.37 Å². The zero-order valence-electron chi connectivity index (χ0n) is 28.1. The number of nitrogens with one attached hydrogen (secondary N) is 1. The summed E-state index contributed by atoms with van der Waals surface area (Å²) in [6, 6.07) is 11.4. The van der Waals surface area contributed by atoms with Gasteiger partial charge in [0.1, 0.15) is 42.1 Å². The summed E-state index contributed by atoms with van der Waals surface area (Å²) < 4.78 is 25.4. The average molecular weight is 807 g/mol. The third-order valence-corrected chi connectivity index (χ3v) is 6.43. The number of anilines is 2. The maximum Gasteiger partial charge on any atom is 1.00 e. The van der Waals surface area contributed by atoms with E-state index in [0.29, 0.717) is 0 Å². The molecule has 0 aliphatic carbocycles. The molecule has 3 aromatic carbocycles. The Morgan fingerprint density at radius 3 is 1.75 bits per heavy atom. The number of carbonyl (C=O) groups excluding carboxylic acids is 4. The summed E-state index contributed by atoms with van der Waals surface area (Å²) >= 11 is 0. The van der Waals surface area contributed by atoms with Crippen LogP contribution in [0.3, 0.4) is 0 Å². The fourth-order valence-electron chi connectivity index (χ4n) is 4.57. The number of aromatic nitrogens is 2. The molecule has 0 aliphatic rings. The second-order valence-electron chi connectivity index (χ2n) is 9.78. The summed E-state index contributed by atoms with van der Waals surface area (Å²) in [4.78, 5) is 66.3. The van der Waals surface area contributed by atoms with Crippen molar-refractivity contribution < 1.29 is 264 Å². The van der Waals surface area contributed by atoms with E-state index in [1.807, 2.05) is 0 Å². The first kappa shape index (κ1) is 51.2. The Morgan fingerprint density at radius 1 is 0.725 bits per heavy atom. The van der Waals surface area contributed by atoms with E-state index in [1.165, 1.54) is 6.07 Å². The van der Waals surface area contributed by atoms with Crippen LogP contribution in [0.25, 0.3) is 22.3 Å². The smallest absolute Gasteiger partial charge is 0.548 e. The summed E-state index contributed by atoms with van der Waals surface area (Å²) in [6.07, 6.45) is 0. The van der Waals surface area contributed by atoms with Gasteiger partial charge >= 0.3 is 206 Å². The van der Waals surface area contributed by atoms with Crippen LogP contribution in [0.15, 0.2) is 59.4 Å². The zero-order chi connectivity index (χ0) is 34.2. The molecule has 0 unspecified atom stereocenters. The Hall–Kier alpha value is 0.155. The summed E-state index contributed by atoms with van der Waals surface area (Å²) in [7, 11) is 0. The average Bonchev–Trinajstić information content (AvgIpc) is 2.98.